The molecule has 4 aliphatic carbocycles. The average molecular weight is 465 g/mol. The molecule has 0 spiro atoms. The van der Waals surface area contributed by atoms with Crippen LogP contribution in [0.15, 0.2) is 59.6 Å². The van der Waals surface area contributed by atoms with Crippen molar-refractivity contribution in [3.63, 3.8) is 0 Å². The van der Waals surface area contributed by atoms with Crippen molar-refractivity contribution in [1.29, 1.82) is 0 Å². The maximum absolute atomic E-state index is 4.88. The predicted octanol–water partition coefficient (Wildman–Crippen LogP) is 8.61. The van der Waals surface area contributed by atoms with Crippen molar-refractivity contribution in [3.05, 3.63) is 82.7 Å². The molecular weight excluding hydrogens is 424 g/mol. The molecule has 1 heterocycles. The molecule has 0 unspecified atom stereocenters. The molecule has 0 N–H and O–H groups in total. The highest BCUT2D eigenvalue weighted by molar-refractivity contribution is 5.84. The number of benzene rings is 2. The Labute approximate surface area is 211 Å². The summed E-state index contributed by atoms with van der Waals surface area (Å²) in [6, 6.07) is 20.5. The third kappa shape index (κ3) is 4.09. The zero-order chi connectivity index (χ0) is 24.4. The number of aromatic nitrogens is 1. The minimum Gasteiger partial charge on any atom is -0.318 e. The zero-order valence-corrected chi connectivity index (χ0v) is 22.1. The molecule has 0 saturated heterocycles. The Hall–Kier alpha value is -2.61. The van der Waals surface area contributed by atoms with Crippen LogP contribution in [0.25, 0.3) is 5.69 Å². The minimum atomic E-state index is 0.169. The normalized spacial score (nSPS) is 27.7. The van der Waals surface area contributed by atoms with Crippen LogP contribution >= 0.6 is 0 Å². The fraction of sp³-hybridized carbons (Fsp3) is 0.485. The lowest BCUT2D eigenvalue weighted by Gasteiger charge is -2.57. The number of hydrogen-bond donors (Lipinski definition) is 0. The Morgan fingerprint density at radius 1 is 0.829 bits per heavy atom. The Morgan fingerprint density at radius 3 is 1.94 bits per heavy atom. The summed E-state index contributed by atoms with van der Waals surface area (Å²) in [6.07, 6.45) is 10.8. The van der Waals surface area contributed by atoms with Gasteiger partial charge in [0.05, 0.1) is 5.69 Å². The molecule has 2 nitrogen and oxygen atoms in total. The number of aliphatic imine (C=N–C) groups is 1. The van der Waals surface area contributed by atoms with Crippen LogP contribution in [0, 0.1) is 31.6 Å². The van der Waals surface area contributed by atoms with Gasteiger partial charge < -0.3 is 4.57 Å². The summed E-state index contributed by atoms with van der Waals surface area (Å²) in [5.41, 5.74) is 9.50. The van der Waals surface area contributed by atoms with Crippen LogP contribution in [0.4, 0.5) is 5.69 Å². The molecule has 4 fully saturated rings. The van der Waals surface area contributed by atoms with E-state index in [1.54, 1.807) is 5.56 Å². The molecule has 4 saturated carbocycles. The van der Waals surface area contributed by atoms with Crippen LogP contribution in [0.1, 0.15) is 87.4 Å². The molecule has 0 atom stereocenters. The first-order chi connectivity index (χ1) is 16.7. The average Bonchev–Trinajstić information content (AvgIpc) is 3.09. The van der Waals surface area contributed by atoms with Gasteiger partial charge in [-0.05, 0) is 122 Å². The minimum absolute atomic E-state index is 0.169. The number of nitrogens with zero attached hydrogens (tertiary/aromatic N) is 2. The van der Waals surface area contributed by atoms with E-state index in [0.29, 0.717) is 5.41 Å². The van der Waals surface area contributed by atoms with E-state index in [0.717, 1.165) is 23.4 Å². The van der Waals surface area contributed by atoms with E-state index in [1.807, 2.05) is 6.21 Å². The molecule has 0 aliphatic heterocycles. The van der Waals surface area contributed by atoms with Gasteiger partial charge in [0.1, 0.15) is 0 Å². The maximum Gasteiger partial charge on any atom is 0.0630 e. The van der Waals surface area contributed by atoms with Crippen LogP contribution in [0.5, 0.6) is 0 Å². The predicted molar refractivity (Wildman–Crippen MR) is 147 cm³/mol. The summed E-state index contributed by atoms with van der Waals surface area (Å²) in [4.78, 5) is 4.88. The summed E-state index contributed by atoms with van der Waals surface area (Å²) < 4.78 is 2.34. The second-order valence-corrected chi connectivity index (χ2v) is 13.0. The lowest BCUT2D eigenvalue weighted by Crippen LogP contribution is -2.48. The first-order valence-corrected chi connectivity index (χ1v) is 13.6. The van der Waals surface area contributed by atoms with Crippen molar-refractivity contribution in [2.24, 2.45) is 22.7 Å². The summed E-state index contributed by atoms with van der Waals surface area (Å²) in [6.45, 7) is 11.2. The standard InChI is InChI=1S/C33H40N2/c1-22-14-27(23(2)35(22)31-12-8-28(9-13-31)32(3,4)5)21-34-30-10-6-29(7-11-30)33-18-24-15-25(19-33)17-26(16-24)20-33/h6-14,21,24-26H,15-20H2,1-5H3. The topological polar surface area (TPSA) is 17.3 Å². The van der Waals surface area contributed by atoms with Crippen LogP contribution < -0.4 is 0 Å². The summed E-state index contributed by atoms with van der Waals surface area (Å²) >= 11 is 0. The van der Waals surface area contributed by atoms with Crippen molar-refractivity contribution in [2.75, 3.05) is 0 Å². The Kier molecular flexibility index (Phi) is 5.36. The Bertz CT molecular complexity index is 1210. The highest BCUT2D eigenvalue weighted by atomic mass is 15.0. The molecule has 4 bridgehead atoms. The monoisotopic (exact) mass is 464 g/mol. The van der Waals surface area contributed by atoms with E-state index >= 15 is 0 Å². The van der Waals surface area contributed by atoms with E-state index in [9.17, 15) is 0 Å². The number of aryl methyl sites for hydroxylation is 1. The van der Waals surface area contributed by atoms with Gasteiger partial charge in [0.2, 0.25) is 0 Å². The number of hydrogen-bond acceptors (Lipinski definition) is 1. The molecular formula is C33H40N2. The van der Waals surface area contributed by atoms with Crippen LogP contribution in [0.3, 0.4) is 0 Å². The molecule has 0 amide bonds. The highest BCUT2D eigenvalue weighted by Crippen LogP contribution is 2.60. The van der Waals surface area contributed by atoms with E-state index in [1.165, 1.54) is 66.7 Å². The van der Waals surface area contributed by atoms with Crippen LogP contribution in [-0.2, 0) is 10.8 Å². The molecule has 7 rings (SSSR count). The van der Waals surface area contributed by atoms with E-state index in [4.69, 9.17) is 4.99 Å². The summed E-state index contributed by atoms with van der Waals surface area (Å²) in [7, 11) is 0. The SMILES string of the molecule is Cc1cc(C=Nc2ccc(C34CC5CC(CC(C5)C3)C4)cc2)c(C)n1-c1ccc(C(C)(C)C)cc1. The molecule has 4 aliphatic rings. The zero-order valence-electron chi connectivity index (χ0n) is 22.1. The first-order valence-electron chi connectivity index (χ1n) is 13.6. The van der Waals surface area contributed by atoms with Gasteiger partial charge in [-0.15, -0.1) is 0 Å². The quantitative estimate of drug-likeness (QED) is 0.344. The molecule has 2 heteroatoms. The van der Waals surface area contributed by atoms with Crippen molar-refractivity contribution < 1.29 is 0 Å². The van der Waals surface area contributed by atoms with Gasteiger partial charge in [-0.2, -0.15) is 0 Å². The summed E-state index contributed by atoms with van der Waals surface area (Å²) in [5.74, 6) is 2.96. The van der Waals surface area contributed by atoms with E-state index in [2.05, 4.69) is 93.8 Å². The fourth-order valence-corrected chi connectivity index (χ4v) is 7.94. The van der Waals surface area contributed by atoms with Crippen LogP contribution in [-0.4, -0.2) is 10.8 Å². The van der Waals surface area contributed by atoms with E-state index < -0.39 is 0 Å². The molecule has 3 aromatic rings. The lowest BCUT2D eigenvalue weighted by molar-refractivity contribution is -0.00518. The third-order valence-electron chi connectivity index (χ3n) is 9.33. The van der Waals surface area contributed by atoms with E-state index in [-0.39, 0.29) is 5.41 Å². The second-order valence-electron chi connectivity index (χ2n) is 13.0. The van der Waals surface area contributed by atoms with Gasteiger partial charge in [0.25, 0.3) is 0 Å². The lowest BCUT2D eigenvalue weighted by atomic mass is 9.48. The molecule has 2 aromatic carbocycles. The van der Waals surface area contributed by atoms with Gasteiger partial charge in [0.15, 0.2) is 0 Å². The molecule has 35 heavy (non-hydrogen) atoms. The van der Waals surface area contributed by atoms with Crippen molar-refractivity contribution >= 4 is 11.9 Å². The molecule has 1 aromatic heterocycles. The van der Waals surface area contributed by atoms with Crippen molar-refractivity contribution in [1.82, 2.24) is 4.57 Å². The van der Waals surface area contributed by atoms with Crippen LogP contribution in [0.2, 0.25) is 0 Å². The third-order valence-corrected chi connectivity index (χ3v) is 9.33. The summed E-state index contributed by atoms with van der Waals surface area (Å²) in [5, 5.41) is 0. The number of rotatable bonds is 4. The van der Waals surface area contributed by atoms with Gasteiger partial charge in [0, 0.05) is 28.9 Å². The van der Waals surface area contributed by atoms with Crippen molar-refractivity contribution in [2.45, 2.75) is 84.0 Å². The fourth-order valence-electron chi connectivity index (χ4n) is 7.94. The maximum atomic E-state index is 4.88. The van der Waals surface area contributed by atoms with Gasteiger partial charge in [-0.3, -0.25) is 4.99 Å². The van der Waals surface area contributed by atoms with Gasteiger partial charge in [-0.1, -0.05) is 45.0 Å². The van der Waals surface area contributed by atoms with Gasteiger partial charge in [-0.25, -0.2) is 0 Å². The Morgan fingerprint density at radius 2 is 1.40 bits per heavy atom. The van der Waals surface area contributed by atoms with Crippen molar-refractivity contribution in [3.8, 4) is 5.69 Å². The Balaban J connectivity index is 1.21. The highest BCUT2D eigenvalue weighted by Gasteiger charge is 2.51. The van der Waals surface area contributed by atoms with Gasteiger partial charge >= 0.3 is 0 Å². The second kappa shape index (κ2) is 8.22. The largest absolute Gasteiger partial charge is 0.318 e. The first kappa shape index (κ1) is 22.8. The smallest absolute Gasteiger partial charge is 0.0630 e. The molecule has 182 valence electrons. The molecule has 0 radical (unpaired) electrons.